The van der Waals surface area contributed by atoms with Crippen molar-refractivity contribution in [2.75, 3.05) is 0 Å². The molecule has 2 rings (SSSR count). The Labute approximate surface area is 76.8 Å². The lowest BCUT2D eigenvalue weighted by Gasteiger charge is -2.10. The van der Waals surface area contributed by atoms with E-state index in [1.807, 2.05) is 24.4 Å². The molecular weight excluding hydrogens is 162 g/mol. The first kappa shape index (κ1) is 8.05. The number of pyridine rings is 1. The van der Waals surface area contributed by atoms with Gasteiger partial charge in [0.25, 0.3) is 5.56 Å². The maximum absolute atomic E-state index is 11.4. The minimum atomic E-state index is 0.0454. The van der Waals surface area contributed by atoms with Crippen LogP contribution in [0, 0.1) is 0 Å². The van der Waals surface area contributed by atoms with Crippen molar-refractivity contribution < 1.29 is 0 Å². The third-order valence-corrected chi connectivity index (χ3v) is 2.12. The van der Waals surface area contributed by atoms with E-state index in [1.165, 1.54) is 0 Å². The Morgan fingerprint density at radius 3 is 2.92 bits per heavy atom. The van der Waals surface area contributed by atoms with Crippen molar-refractivity contribution in [3.63, 3.8) is 0 Å². The van der Waals surface area contributed by atoms with Gasteiger partial charge in [-0.2, -0.15) is 0 Å². The molecular formula is C11H11NO. The molecule has 0 aliphatic heterocycles. The van der Waals surface area contributed by atoms with E-state index in [2.05, 4.69) is 6.08 Å². The van der Waals surface area contributed by atoms with E-state index in [-0.39, 0.29) is 5.56 Å². The number of hydrogen-bond donors (Lipinski definition) is 0. The van der Waals surface area contributed by atoms with Crippen LogP contribution in [0.2, 0.25) is 0 Å². The third kappa shape index (κ3) is 1.61. The van der Waals surface area contributed by atoms with Crippen molar-refractivity contribution >= 4 is 5.70 Å². The first-order valence-electron chi connectivity index (χ1n) is 4.42. The predicted octanol–water partition coefficient (Wildman–Crippen LogP) is 2.04. The van der Waals surface area contributed by atoms with Crippen molar-refractivity contribution in [1.82, 2.24) is 4.57 Å². The Morgan fingerprint density at radius 1 is 1.31 bits per heavy atom. The highest BCUT2D eigenvalue weighted by atomic mass is 16.1. The summed E-state index contributed by atoms with van der Waals surface area (Å²) in [6.45, 7) is 0. The maximum Gasteiger partial charge on any atom is 0.254 e. The van der Waals surface area contributed by atoms with Crippen molar-refractivity contribution in [2.24, 2.45) is 0 Å². The fraction of sp³-hybridized carbons (Fsp3) is 0.182. The quantitative estimate of drug-likeness (QED) is 0.637. The Balaban J connectivity index is 2.46. The zero-order chi connectivity index (χ0) is 9.10. The Bertz CT molecular complexity index is 412. The fourth-order valence-electron chi connectivity index (χ4n) is 1.46. The lowest BCUT2D eigenvalue weighted by atomic mass is 10.1. The molecule has 0 spiro atoms. The molecule has 0 bridgehead atoms. The molecule has 1 aromatic rings. The number of hydrogen-bond acceptors (Lipinski definition) is 1. The minimum Gasteiger partial charge on any atom is -0.288 e. The molecule has 0 radical (unpaired) electrons. The molecule has 0 unspecified atom stereocenters. The zero-order valence-electron chi connectivity index (χ0n) is 7.31. The average molecular weight is 173 g/mol. The van der Waals surface area contributed by atoms with Crippen LogP contribution >= 0.6 is 0 Å². The van der Waals surface area contributed by atoms with Crippen LogP contribution in [0.25, 0.3) is 5.70 Å². The summed E-state index contributed by atoms with van der Waals surface area (Å²) in [5, 5.41) is 0. The second-order valence-electron chi connectivity index (χ2n) is 3.03. The maximum atomic E-state index is 11.4. The minimum absolute atomic E-state index is 0.0454. The molecule has 66 valence electrons. The predicted molar refractivity (Wildman–Crippen MR) is 53.3 cm³/mol. The van der Waals surface area contributed by atoms with Crippen LogP contribution in [0.5, 0.6) is 0 Å². The van der Waals surface area contributed by atoms with Crippen LogP contribution in [0.1, 0.15) is 12.8 Å². The zero-order valence-corrected chi connectivity index (χ0v) is 7.31. The monoisotopic (exact) mass is 173 g/mol. The number of rotatable bonds is 1. The van der Waals surface area contributed by atoms with Gasteiger partial charge >= 0.3 is 0 Å². The van der Waals surface area contributed by atoms with Gasteiger partial charge in [0, 0.05) is 18.0 Å². The van der Waals surface area contributed by atoms with Gasteiger partial charge in [0.2, 0.25) is 0 Å². The number of aromatic nitrogens is 1. The van der Waals surface area contributed by atoms with E-state index in [0.717, 1.165) is 18.5 Å². The molecule has 1 aromatic heterocycles. The van der Waals surface area contributed by atoms with Gasteiger partial charge in [-0.05, 0) is 25.0 Å². The Hall–Kier alpha value is -1.57. The standard InChI is InChI=1S/C11H11NO/c13-11-8-4-5-9-12(11)10-6-2-1-3-7-10/h1-2,4-6,8-9H,3,7H2. The summed E-state index contributed by atoms with van der Waals surface area (Å²) in [5.41, 5.74) is 1.12. The van der Waals surface area contributed by atoms with Crippen LogP contribution in [-0.4, -0.2) is 4.57 Å². The van der Waals surface area contributed by atoms with E-state index < -0.39 is 0 Å². The smallest absolute Gasteiger partial charge is 0.254 e. The van der Waals surface area contributed by atoms with Crippen molar-refractivity contribution in [3.05, 3.63) is 53.0 Å². The molecule has 0 N–H and O–H groups in total. The summed E-state index contributed by atoms with van der Waals surface area (Å²) in [5.74, 6) is 0. The molecule has 0 atom stereocenters. The SMILES string of the molecule is O=c1ccccn1C1=CC=CCC1. The topological polar surface area (TPSA) is 22.0 Å². The first-order chi connectivity index (χ1) is 6.38. The van der Waals surface area contributed by atoms with E-state index >= 15 is 0 Å². The number of nitrogens with zero attached hydrogens (tertiary/aromatic N) is 1. The van der Waals surface area contributed by atoms with Crippen molar-refractivity contribution in [3.8, 4) is 0 Å². The summed E-state index contributed by atoms with van der Waals surface area (Å²) in [7, 11) is 0. The summed E-state index contributed by atoms with van der Waals surface area (Å²) >= 11 is 0. The van der Waals surface area contributed by atoms with E-state index in [1.54, 1.807) is 16.7 Å². The van der Waals surface area contributed by atoms with Crippen LogP contribution < -0.4 is 5.56 Å². The molecule has 0 saturated heterocycles. The van der Waals surface area contributed by atoms with Crippen molar-refractivity contribution in [2.45, 2.75) is 12.8 Å². The van der Waals surface area contributed by atoms with Crippen LogP contribution in [0.15, 0.2) is 47.4 Å². The molecule has 1 heterocycles. The summed E-state index contributed by atoms with van der Waals surface area (Å²) in [4.78, 5) is 11.4. The van der Waals surface area contributed by atoms with Gasteiger partial charge in [0.1, 0.15) is 0 Å². The van der Waals surface area contributed by atoms with Gasteiger partial charge in [-0.3, -0.25) is 9.36 Å². The van der Waals surface area contributed by atoms with E-state index in [9.17, 15) is 4.79 Å². The van der Waals surface area contributed by atoms with Crippen molar-refractivity contribution in [1.29, 1.82) is 0 Å². The highest BCUT2D eigenvalue weighted by molar-refractivity contribution is 5.50. The third-order valence-electron chi connectivity index (χ3n) is 2.12. The molecule has 0 amide bonds. The molecule has 1 aliphatic carbocycles. The molecule has 1 aliphatic rings. The van der Waals surface area contributed by atoms with Gasteiger partial charge in [-0.25, -0.2) is 0 Å². The fourth-order valence-corrected chi connectivity index (χ4v) is 1.46. The summed E-state index contributed by atoms with van der Waals surface area (Å²) in [6.07, 6.45) is 9.88. The summed E-state index contributed by atoms with van der Waals surface area (Å²) < 4.78 is 1.70. The molecule has 2 nitrogen and oxygen atoms in total. The second-order valence-corrected chi connectivity index (χ2v) is 3.03. The second kappa shape index (κ2) is 3.44. The first-order valence-corrected chi connectivity index (χ1v) is 4.42. The largest absolute Gasteiger partial charge is 0.288 e. The molecule has 0 saturated carbocycles. The summed E-state index contributed by atoms with van der Waals surface area (Å²) in [6, 6.07) is 5.22. The normalized spacial score (nSPS) is 15.5. The lowest BCUT2D eigenvalue weighted by molar-refractivity contribution is 0.908. The molecule has 0 aromatic carbocycles. The highest BCUT2D eigenvalue weighted by Gasteiger charge is 2.02. The van der Waals surface area contributed by atoms with Gasteiger partial charge in [-0.15, -0.1) is 0 Å². The van der Waals surface area contributed by atoms with Gasteiger partial charge in [0.05, 0.1) is 0 Å². The number of allylic oxidation sites excluding steroid dienone is 4. The van der Waals surface area contributed by atoms with Gasteiger partial charge in [0.15, 0.2) is 0 Å². The molecule has 0 fully saturated rings. The molecule has 13 heavy (non-hydrogen) atoms. The Kier molecular flexibility index (Phi) is 2.13. The van der Waals surface area contributed by atoms with E-state index in [0.29, 0.717) is 0 Å². The van der Waals surface area contributed by atoms with Gasteiger partial charge < -0.3 is 0 Å². The van der Waals surface area contributed by atoms with Crippen LogP contribution in [0.3, 0.4) is 0 Å². The van der Waals surface area contributed by atoms with Crippen LogP contribution in [-0.2, 0) is 0 Å². The van der Waals surface area contributed by atoms with E-state index in [4.69, 9.17) is 0 Å². The lowest BCUT2D eigenvalue weighted by Crippen LogP contribution is -2.17. The van der Waals surface area contributed by atoms with Crippen LogP contribution in [0.4, 0.5) is 0 Å². The molecule has 2 heteroatoms. The average Bonchev–Trinajstić information content (AvgIpc) is 2.20. The highest BCUT2D eigenvalue weighted by Crippen LogP contribution is 2.14. The van der Waals surface area contributed by atoms with Gasteiger partial charge in [-0.1, -0.05) is 18.2 Å². The Morgan fingerprint density at radius 2 is 2.23 bits per heavy atom.